The summed E-state index contributed by atoms with van der Waals surface area (Å²) in [4.78, 5) is 25.9. The minimum absolute atomic E-state index is 0.0962. The third-order valence-electron chi connectivity index (χ3n) is 5.55. The van der Waals surface area contributed by atoms with Crippen LogP contribution < -0.4 is 10.6 Å². The molecule has 1 fully saturated rings. The van der Waals surface area contributed by atoms with E-state index < -0.39 is 10.0 Å². The highest BCUT2D eigenvalue weighted by Crippen LogP contribution is 2.36. The molecule has 1 saturated heterocycles. The van der Waals surface area contributed by atoms with Crippen LogP contribution in [0.25, 0.3) is 0 Å². The highest BCUT2D eigenvalue weighted by atomic mass is 32.2. The van der Waals surface area contributed by atoms with Crippen molar-refractivity contribution in [1.82, 2.24) is 4.31 Å². The Morgan fingerprint density at radius 3 is 2.61 bits per heavy atom. The topological polar surface area (TPSA) is 95.6 Å². The molecule has 2 aliphatic rings. The fraction of sp³-hybridized carbons (Fsp3) is 0.364. The van der Waals surface area contributed by atoms with E-state index in [-0.39, 0.29) is 22.0 Å². The van der Waals surface area contributed by atoms with Crippen LogP contribution >= 0.6 is 11.8 Å². The zero-order chi connectivity index (χ0) is 22.2. The predicted octanol–water partition coefficient (Wildman–Crippen LogP) is 3.85. The molecule has 0 aliphatic carbocycles. The Labute approximate surface area is 186 Å². The van der Waals surface area contributed by atoms with Crippen molar-refractivity contribution in [3.8, 4) is 0 Å². The molecular formula is C22H25N3O4S2. The van der Waals surface area contributed by atoms with Crippen molar-refractivity contribution in [2.45, 2.75) is 48.2 Å². The molecule has 2 aliphatic heterocycles. The maximum Gasteiger partial charge on any atom is 0.255 e. The van der Waals surface area contributed by atoms with Crippen molar-refractivity contribution in [3.05, 3.63) is 47.5 Å². The Balaban J connectivity index is 1.56. The van der Waals surface area contributed by atoms with Gasteiger partial charge in [-0.1, -0.05) is 12.5 Å². The van der Waals surface area contributed by atoms with Crippen molar-refractivity contribution in [2.24, 2.45) is 0 Å². The number of fused-ring (bicyclic) bond motifs is 1. The van der Waals surface area contributed by atoms with Crippen LogP contribution in [-0.2, 0) is 14.8 Å². The molecule has 1 unspecified atom stereocenters. The van der Waals surface area contributed by atoms with Gasteiger partial charge in [0.05, 0.1) is 15.8 Å². The second-order valence-electron chi connectivity index (χ2n) is 7.86. The van der Waals surface area contributed by atoms with Gasteiger partial charge in [-0.2, -0.15) is 4.31 Å². The molecule has 0 saturated carbocycles. The predicted molar refractivity (Wildman–Crippen MR) is 122 cm³/mol. The molecule has 7 nitrogen and oxygen atoms in total. The number of carbonyl (C=O) groups is 2. The van der Waals surface area contributed by atoms with E-state index in [9.17, 15) is 18.0 Å². The molecule has 2 aromatic rings. The average molecular weight is 460 g/mol. The van der Waals surface area contributed by atoms with E-state index in [0.717, 1.165) is 24.2 Å². The summed E-state index contributed by atoms with van der Waals surface area (Å²) in [7, 11) is -3.61. The van der Waals surface area contributed by atoms with Gasteiger partial charge >= 0.3 is 0 Å². The number of aryl methyl sites for hydroxylation is 1. The molecule has 2 N–H and O–H groups in total. The number of carbonyl (C=O) groups excluding carboxylic acids is 2. The number of nitrogens with one attached hydrogen (secondary N) is 2. The lowest BCUT2D eigenvalue weighted by molar-refractivity contribution is -0.115. The van der Waals surface area contributed by atoms with Gasteiger partial charge in [0, 0.05) is 29.2 Å². The molecule has 164 valence electrons. The standard InChI is InChI=1S/C22H25N3O4S2/c1-14-6-8-17(13-20(14)31(28,29)25-10-4-3-5-11-25)23-22(27)16-7-9-19-18(12-16)24-21(26)15(2)30-19/h6-9,12-13,15H,3-5,10-11H2,1-2H3,(H,23,27)(H,24,26). The quantitative estimate of drug-likeness (QED) is 0.724. The van der Waals surface area contributed by atoms with Gasteiger partial charge in [-0.25, -0.2) is 8.42 Å². The van der Waals surface area contributed by atoms with E-state index >= 15 is 0 Å². The monoisotopic (exact) mass is 459 g/mol. The third-order valence-corrected chi connectivity index (χ3v) is 8.77. The van der Waals surface area contributed by atoms with Crippen LogP contribution in [0.1, 0.15) is 42.1 Å². The van der Waals surface area contributed by atoms with Crippen LogP contribution in [-0.4, -0.2) is 42.9 Å². The average Bonchev–Trinajstić information content (AvgIpc) is 2.76. The van der Waals surface area contributed by atoms with Crippen LogP contribution in [0.3, 0.4) is 0 Å². The van der Waals surface area contributed by atoms with Crippen molar-refractivity contribution in [2.75, 3.05) is 23.7 Å². The molecule has 0 radical (unpaired) electrons. The van der Waals surface area contributed by atoms with E-state index in [1.54, 1.807) is 31.2 Å². The molecule has 1 atom stereocenters. The maximum atomic E-state index is 13.1. The van der Waals surface area contributed by atoms with Crippen molar-refractivity contribution in [1.29, 1.82) is 0 Å². The number of hydrogen-bond donors (Lipinski definition) is 2. The molecule has 2 amide bonds. The SMILES string of the molecule is Cc1ccc(NC(=O)c2ccc3c(c2)NC(=O)C(C)S3)cc1S(=O)(=O)N1CCCCC1. The highest BCUT2D eigenvalue weighted by molar-refractivity contribution is 8.01. The first-order valence-corrected chi connectivity index (χ1v) is 12.6. The molecule has 2 heterocycles. The number of thioether (sulfide) groups is 1. The Morgan fingerprint density at radius 2 is 1.87 bits per heavy atom. The van der Waals surface area contributed by atoms with Gasteiger partial charge in [-0.15, -0.1) is 11.8 Å². The number of anilines is 2. The highest BCUT2D eigenvalue weighted by Gasteiger charge is 2.28. The van der Waals surface area contributed by atoms with E-state index in [0.29, 0.717) is 35.6 Å². The van der Waals surface area contributed by atoms with Gasteiger partial charge in [0.2, 0.25) is 15.9 Å². The van der Waals surface area contributed by atoms with Crippen molar-refractivity contribution in [3.63, 3.8) is 0 Å². The summed E-state index contributed by atoms with van der Waals surface area (Å²) in [6.45, 7) is 4.63. The summed E-state index contributed by atoms with van der Waals surface area (Å²) in [6.07, 6.45) is 2.76. The van der Waals surface area contributed by atoms with Crippen LogP contribution in [0, 0.1) is 6.92 Å². The van der Waals surface area contributed by atoms with E-state index in [2.05, 4.69) is 10.6 Å². The lowest BCUT2D eigenvalue weighted by Gasteiger charge is -2.26. The Hall–Kier alpha value is -2.36. The zero-order valence-electron chi connectivity index (χ0n) is 17.5. The van der Waals surface area contributed by atoms with Crippen LogP contribution in [0.4, 0.5) is 11.4 Å². The zero-order valence-corrected chi connectivity index (χ0v) is 19.1. The van der Waals surface area contributed by atoms with Gasteiger partial charge in [-0.3, -0.25) is 9.59 Å². The normalized spacial score (nSPS) is 19.4. The molecule has 4 rings (SSSR count). The minimum atomic E-state index is -3.61. The lowest BCUT2D eigenvalue weighted by atomic mass is 10.1. The first-order valence-electron chi connectivity index (χ1n) is 10.3. The summed E-state index contributed by atoms with van der Waals surface area (Å²) < 4.78 is 27.7. The largest absolute Gasteiger partial charge is 0.324 e. The number of piperidine rings is 1. The Morgan fingerprint density at radius 1 is 1.13 bits per heavy atom. The summed E-state index contributed by atoms with van der Waals surface area (Å²) >= 11 is 1.45. The second-order valence-corrected chi connectivity index (χ2v) is 11.1. The number of hydrogen-bond acceptors (Lipinski definition) is 5. The lowest BCUT2D eigenvalue weighted by Crippen LogP contribution is -2.36. The van der Waals surface area contributed by atoms with Gasteiger partial charge in [0.25, 0.3) is 5.91 Å². The first-order chi connectivity index (χ1) is 14.8. The number of sulfonamides is 1. The maximum absolute atomic E-state index is 13.1. The minimum Gasteiger partial charge on any atom is -0.324 e. The Bertz CT molecular complexity index is 1140. The first kappa shape index (κ1) is 21.9. The van der Waals surface area contributed by atoms with E-state index in [1.165, 1.54) is 22.1 Å². The van der Waals surface area contributed by atoms with Gasteiger partial charge < -0.3 is 10.6 Å². The summed E-state index contributed by atoms with van der Waals surface area (Å²) in [5.74, 6) is -0.466. The smallest absolute Gasteiger partial charge is 0.255 e. The summed E-state index contributed by atoms with van der Waals surface area (Å²) in [5, 5.41) is 5.42. The van der Waals surface area contributed by atoms with Gasteiger partial charge in [0.1, 0.15) is 0 Å². The van der Waals surface area contributed by atoms with Gasteiger partial charge in [0.15, 0.2) is 0 Å². The summed E-state index contributed by atoms with van der Waals surface area (Å²) in [5.41, 5.74) is 2.05. The van der Waals surface area contributed by atoms with Crippen LogP contribution in [0.2, 0.25) is 0 Å². The van der Waals surface area contributed by atoms with Crippen molar-refractivity contribution >= 4 is 45.0 Å². The fourth-order valence-corrected chi connectivity index (χ4v) is 6.45. The third kappa shape index (κ3) is 4.49. The van der Waals surface area contributed by atoms with E-state index in [4.69, 9.17) is 0 Å². The number of benzene rings is 2. The second kappa shape index (κ2) is 8.64. The Kier molecular flexibility index (Phi) is 6.09. The molecule has 31 heavy (non-hydrogen) atoms. The van der Waals surface area contributed by atoms with Crippen molar-refractivity contribution < 1.29 is 18.0 Å². The molecule has 0 bridgehead atoms. The number of rotatable bonds is 4. The summed E-state index contributed by atoms with van der Waals surface area (Å²) in [6, 6.07) is 10.1. The molecule has 0 spiro atoms. The van der Waals surface area contributed by atoms with Gasteiger partial charge in [-0.05, 0) is 62.6 Å². The number of nitrogens with zero attached hydrogens (tertiary/aromatic N) is 1. The fourth-order valence-electron chi connectivity index (χ4n) is 3.75. The van der Waals surface area contributed by atoms with Crippen LogP contribution in [0.5, 0.6) is 0 Å². The number of amides is 2. The molecule has 9 heteroatoms. The molecular weight excluding hydrogens is 434 g/mol. The molecule has 0 aromatic heterocycles. The van der Waals surface area contributed by atoms with Crippen LogP contribution in [0.15, 0.2) is 46.2 Å². The molecule has 2 aromatic carbocycles. The van der Waals surface area contributed by atoms with E-state index in [1.807, 2.05) is 13.0 Å².